The van der Waals surface area contributed by atoms with E-state index in [2.05, 4.69) is 4.18 Å². The number of ether oxygens (including phenoxy) is 4. The quantitative estimate of drug-likeness (QED) is 0.166. The van der Waals surface area contributed by atoms with Crippen LogP contribution < -0.4 is 0 Å². The van der Waals surface area contributed by atoms with E-state index < -0.39 is 83.4 Å². The maximum absolute atomic E-state index is 12.3. The third kappa shape index (κ3) is 7.30. The van der Waals surface area contributed by atoms with E-state index in [0.717, 1.165) is 18.1 Å². The summed E-state index contributed by atoms with van der Waals surface area (Å²) in [7, 11) is -5.30. The molecule has 15 nitrogen and oxygen atoms in total. The van der Waals surface area contributed by atoms with Crippen LogP contribution in [0.2, 0.25) is 0 Å². The summed E-state index contributed by atoms with van der Waals surface area (Å²) in [4.78, 5) is 23.8. The van der Waals surface area contributed by atoms with Crippen LogP contribution in [0.4, 0.5) is 0 Å². The van der Waals surface area contributed by atoms with Crippen molar-refractivity contribution in [1.82, 2.24) is 0 Å². The minimum atomic E-state index is -5.30. The van der Waals surface area contributed by atoms with Gasteiger partial charge in [0.25, 0.3) is 0 Å². The highest BCUT2D eigenvalue weighted by Gasteiger charge is 2.54. The monoisotopic (exact) mass is 566 g/mol. The van der Waals surface area contributed by atoms with Crippen molar-refractivity contribution in [2.45, 2.75) is 75.8 Å². The van der Waals surface area contributed by atoms with Crippen LogP contribution in [0.3, 0.4) is 0 Å². The lowest BCUT2D eigenvalue weighted by atomic mass is 9.87. The third-order valence-electron chi connectivity index (χ3n) is 6.15. The van der Waals surface area contributed by atoms with E-state index in [1.54, 1.807) is 0 Å². The number of Topliss-reactive ketones (excluding diaryl/α,β-unsaturated/α-hetero) is 1. The zero-order valence-corrected chi connectivity index (χ0v) is 21.1. The van der Waals surface area contributed by atoms with Crippen molar-refractivity contribution in [2.24, 2.45) is 5.92 Å². The van der Waals surface area contributed by atoms with Gasteiger partial charge >= 0.3 is 16.4 Å². The normalized spacial score (nSPS) is 36.1. The number of aryl methyl sites for hydroxylation is 1. The Balaban J connectivity index is 1.82. The van der Waals surface area contributed by atoms with Gasteiger partial charge in [-0.1, -0.05) is 29.8 Å². The fourth-order valence-corrected chi connectivity index (χ4v) is 4.68. The Morgan fingerprint density at radius 2 is 1.61 bits per heavy atom. The van der Waals surface area contributed by atoms with Gasteiger partial charge in [0, 0.05) is 0 Å². The number of hydrogen-bond acceptors (Lipinski definition) is 13. The standard InChI is InChI=1S/C22H30O15S/c1-9-3-5-11(6-4-9)7-33-8-12-14(24)17(13(10(2)23)21(29)34-12)35-22-19(37-38(30,31)32)16(26)15(25)18(36-22)20(27)28/h3-6,12-19,21-22,24-26,29H,7-8H2,1-2H3,(H,27,28)(H,30,31,32)/t12-,13-,14-,15+,16+,17-,18+,19-,21?,22-/m1/s1. The lowest BCUT2D eigenvalue weighted by molar-refractivity contribution is -0.338. The summed E-state index contributed by atoms with van der Waals surface area (Å²) >= 11 is 0. The van der Waals surface area contributed by atoms with Gasteiger partial charge in [-0.3, -0.25) is 9.35 Å². The summed E-state index contributed by atoms with van der Waals surface area (Å²) in [6.07, 6.45) is -17.6. The molecule has 2 fully saturated rings. The summed E-state index contributed by atoms with van der Waals surface area (Å²) in [5, 5.41) is 51.1. The van der Waals surface area contributed by atoms with Crippen LogP contribution >= 0.6 is 0 Å². The molecule has 3 rings (SSSR count). The molecule has 0 spiro atoms. The first kappa shape index (κ1) is 30.5. The maximum Gasteiger partial charge on any atom is 0.397 e. The second-order valence-electron chi connectivity index (χ2n) is 9.03. The van der Waals surface area contributed by atoms with Crippen molar-refractivity contribution in [1.29, 1.82) is 0 Å². The van der Waals surface area contributed by atoms with E-state index in [1.807, 2.05) is 31.2 Å². The van der Waals surface area contributed by atoms with E-state index in [9.17, 15) is 43.5 Å². The van der Waals surface area contributed by atoms with E-state index in [4.69, 9.17) is 23.5 Å². The summed E-state index contributed by atoms with van der Waals surface area (Å²) in [6.45, 7) is 2.75. The Labute approximate surface area is 217 Å². The number of carbonyl (C=O) groups is 2. The topological polar surface area (TPSA) is 236 Å². The Hall–Kier alpha value is -2.09. The predicted octanol–water partition coefficient (Wildman–Crippen LogP) is -2.10. The molecule has 2 heterocycles. The highest BCUT2D eigenvalue weighted by atomic mass is 32.3. The summed E-state index contributed by atoms with van der Waals surface area (Å²) in [5.41, 5.74) is 1.83. The molecule has 0 saturated carbocycles. The molecule has 0 aliphatic carbocycles. The van der Waals surface area contributed by atoms with Crippen LogP contribution in [0, 0.1) is 12.8 Å². The molecule has 1 unspecified atom stereocenters. The number of carboxylic acids is 1. The molecular weight excluding hydrogens is 536 g/mol. The van der Waals surface area contributed by atoms with Crippen LogP contribution in [0.15, 0.2) is 24.3 Å². The van der Waals surface area contributed by atoms with E-state index in [-0.39, 0.29) is 13.2 Å². The van der Waals surface area contributed by atoms with Gasteiger partial charge in [-0.15, -0.1) is 0 Å². The van der Waals surface area contributed by atoms with Crippen LogP contribution in [-0.2, 0) is 49.7 Å². The van der Waals surface area contributed by atoms with Crippen molar-refractivity contribution in [3.63, 3.8) is 0 Å². The molecule has 214 valence electrons. The summed E-state index contributed by atoms with van der Waals surface area (Å²) in [6, 6.07) is 7.35. The van der Waals surface area contributed by atoms with E-state index >= 15 is 0 Å². The molecule has 16 heteroatoms. The number of aliphatic hydroxyl groups excluding tert-OH is 4. The van der Waals surface area contributed by atoms with Crippen molar-refractivity contribution in [3.8, 4) is 0 Å². The highest BCUT2D eigenvalue weighted by molar-refractivity contribution is 7.80. The minimum Gasteiger partial charge on any atom is -0.479 e. The Kier molecular flexibility index (Phi) is 9.93. The number of carbonyl (C=O) groups excluding carboxylic acids is 1. The number of aliphatic hydroxyl groups is 4. The highest BCUT2D eigenvalue weighted by Crippen LogP contribution is 2.33. The van der Waals surface area contributed by atoms with Gasteiger partial charge in [0.1, 0.15) is 36.3 Å². The smallest absolute Gasteiger partial charge is 0.397 e. The molecule has 0 aromatic heterocycles. The van der Waals surface area contributed by atoms with Crippen molar-refractivity contribution < 1.29 is 71.2 Å². The van der Waals surface area contributed by atoms with Gasteiger partial charge in [0.15, 0.2) is 24.8 Å². The third-order valence-corrected chi connectivity index (χ3v) is 6.61. The average Bonchev–Trinajstić information content (AvgIpc) is 2.81. The lowest BCUT2D eigenvalue weighted by Crippen LogP contribution is -2.65. The SMILES string of the molecule is CC(=O)[C@H]1C(O)O[C@H](COCc2ccc(C)cc2)[C@@H](O)[C@@H]1O[C@@H]1O[C@H](C(=O)O)[C@@H](O)[C@H](O)[C@H]1OS(=O)(=O)O. The minimum absolute atomic E-state index is 0.102. The molecule has 38 heavy (non-hydrogen) atoms. The van der Waals surface area contributed by atoms with Crippen molar-refractivity contribution in [3.05, 3.63) is 35.4 Å². The Bertz CT molecular complexity index is 1080. The summed E-state index contributed by atoms with van der Waals surface area (Å²) < 4.78 is 57.6. The van der Waals surface area contributed by atoms with Crippen LogP contribution in [0.1, 0.15) is 18.1 Å². The second kappa shape index (κ2) is 12.4. The van der Waals surface area contributed by atoms with Crippen molar-refractivity contribution >= 4 is 22.2 Å². The molecule has 2 aliphatic rings. The number of hydrogen-bond donors (Lipinski definition) is 6. The largest absolute Gasteiger partial charge is 0.479 e. The number of carboxylic acid groups (broad SMARTS) is 1. The molecular formula is C22H30O15S. The Morgan fingerprint density at radius 1 is 0.974 bits per heavy atom. The number of benzene rings is 1. The van der Waals surface area contributed by atoms with Crippen LogP contribution in [0.25, 0.3) is 0 Å². The molecule has 2 aliphatic heterocycles. The predicted molar refractivity (Wildman–Crippen MR) is 121 cm³/mol. The molecule has 1 aromatic rings. The number of aliphatic carboxylic acids is 1. The lowest BCUT2D eigenvalue weighted by Gasteiger charge is -2.46. The van der Waals surface area contributed by atoms with Gasteiger partial charge in [0.2, 0.25) is 0 Å². The number of rotatable bonds is 10. The van der Waals surface area contributed by atoms with E-state index in [1.165, 1.54) is 0 Å². The molecule has 0 radical (unpaired) electrons. The molecule has 10 atom stereocenters. The molecule has 6 N–H and O–H groups in total. The number of ketones is 1. The van der Waals surface area contributed by atoms with E-state index in [0.29, 0.717) is 0 Å². The van der Waals surface area contributed by atoms with Crippen LogP contribution in [-0.4, -0.2) is 112 Å². The zero-order chi connectivity index (χ0) is 28.4. The zero-order valence-electron chi connectivity index (χ0n) is 20.3. The first-order chi connectivity index (χ1) is 17.7. The molecule has 0 bridgehead atoms. The molecule has 1 aromatic carbocycles. The fourth-order valence-electron chi connectivity index (χ4n) is 4.19. The van der Waals surface area contributed by atoms with Crippen molar-refractivity contribution in [2.75, 3.05) is 6.61 Å². The van der Waals surface area contributed by atoms with Gasteiger partial charge < -0.3 is 44.5 Å². The van der Waals surface area contributed by atoms with Gasteiger partial charge in [-0.05, 0) is 19.4 Å². The fraction of sp³-hybridized carbons (Fsp3) is 0.636. The molecule has 2 saturated heterocycles. The Morgan fingerprint density at radius 3 is 2.16 bits per heavy atom. The van der Waals surface area contributed by atoms with Gasteiger partial charge in [-0.2, -0.15) is 8.42 Å². The average molecular weight is 567 g/mol. The molecule has 0 amide bonds. The van der Waals surface area contributed by atoms with Gasteiger partial charge in [-0.25, -0.2) is 8.98 Å². The summed E-state index contributed by atoms with van der Waals surface area (Å²) in [5.74, 6) is -4.09. The van der Waals surface area contributed by atoms with Gasteiger partial charge in [0.05, 0.1) is 19.1 Å². The van der Waals surface area contributed by atoms with Crippen LogP contribution in [0.5, 0.6) is 0 Å². The first-order valence-electron chi connectivity index (χ1n) is 11.4. The first-order valence-corrected chi connectivity index (χ1v) is 12.8. The second-order valence-corrected chi connectivity index (χ2v) is 10.1. The maximum atomic E-state index is 12.3.